The zero-order valence-electron chi connectivity index (χ0n) is 21.4. The zero-order valence-corrected chi connectivity index (χ0v) is 23.0. The second kappa shape index (κ2) is 10.6. The number of benzene rings is 1. The number of aliphatic hydroxyl groups is 1. The number of amides is 1. The van der Waals surface area contributed by atoms with Crippen molar-refractivity contribution >= 4 is 40.3 Å². The van der Waals surface area contributed by atoms with Gasteiger partial charge in [0.15, 0.2) is 0 Å². The third-order valence-electron chi connectivity index (χ3n) is 8.88. The number of thioether (sulfide) groups is 1. The summed E-state index contributed by atoms with van der Waals surface area (Å²) < 4.78 is 12.4. The number of ether oxygens (including phenoxy) is 1. The number of hydrogen-bond donors (Lipinski definition) is 1. The van der Waals surface area contributed by atoms with Gasteiger partial charge in [0, 0.05) is 24.3 Å². The fraction of sp³-hybridized carbons (Fsp3) is 0.533. The summed E-state index contributed by atoms with van der Waals surface area (Å²) in [5.74, 6) is 5.30. The molecular weight excluding hydrogens is 502 g/mol. The van der Waals surface area contributed by atoms with Crippen molar-refractivity contribution in [2.75, 3.05) is 13.7 Å². The van der Waals surface area contributed by atoms with Gasteiger partial charge in [-0.2, -0.15) is 0 Å². The molecule has 37 heavy (non-hydrogen) atoms. The van der Waals surface area contributed by atoms with Gasteiger partial charge >= 0.3 is 0 Å². The van der Waals surface area contributed by atoms with Crippen molar-refractivity contribution in [1.29, 1.82) is 0 Å². The molecule has 1 aromatic heterocycles. The fourth-order valence-electron chi connectivity index (χ4n) is 7.44. The molecule has 196 valence electrons. The molecule has 5 nitrogen and oxygen atoms in total. The first kappa shape index (κ1) is 25.2. The summed E-state index contributed by atoms with van der Waals surface area (Å²) in [5.41, 5.74) is 2.06. The Kier molecular flexibility index (Phi) is 7.21. The van der Waals surface area contributed by atoms with Gasteiger partial charge in [0.1, 0.15) is 21.6 Å². The van der Waals surface area contributed by atoms with Gasteiger partial charge in [-0.15, -0.1) is 0 Å². The average molecular weight is 538 g/mol. The van der Waals surface area contributed by atoms with Crippen LogP contribution >= 0.6 is 24.0 Å². The topological polar surface area (TPSA) is 62.9 Å². The molecule has 0 atom stereocenters. The van der Waals surface area contributed by atoms with Crippen LogP contribution in [0.3, 0.4) is 0 Å². The molecule has 4 saturated carbocycles. The molecule has 1 aliphatic heterocycles. The SMILES string of the molecule is COc1ccc(-c2cc(CCCCCO)c(/C=C3\SC(=S)N(C4C5CC6CC(C5)CC4C6)C3=O)o2)cc1. The molecule has 5 fully saturated rings. The fourth-order valence-corrected chi connectivity index (χ4v) is 8.75. The Morgan fingerprint density at radius 3 is 2.43 bits per heavy atom. The smallest absolute Gasteiger partial charge is 0.266 e. The standard InChI is InChI=1S/C30H35NO4S2/c1-34-24-8-6-20(7-9-24)25-16-21(5-3-2-4-10-32)26(35-25)17-27-29(33)31(30(36)37-27)28-22-12-18-11-19(14-22)15-23(28)13-18/h6-9,16-19,22-23,28,32H,2-5,10-15H2,1H3/b27-17-. The summed E-state index contributed by atoms with van der Waals surface area (Å²) in [6.07, 6.45) is 11.9. The van der Waals surface area contributed by atoms with E-state index in [-0.39, 0.29) is 18.6 Å². The normalized spacial score (nSPS) is 29.6. The van der Waals surface area contributed by atoms with Crippen LogP contribution in [0.1, 0.15) is 62.7 Å². The molecule has 0 radical (unpaired) electrons. The lowest BCUT2D eigenvalue weighted by Crippen LogP contribution is -2.57. The lowest BCUT2D eigenvalue weighted by Gasteiger charge is -2.56. The average Bonchev–Trinajstić information content (AvgIpc) is 3.41. The van der Waals surface area contributed by atoms with E-state index < -0.39 is 0 Å². The number of aryl methyl sites for hydroxylation is 1. The Balaban J connectivity index is 1.27. The van der Waals surface area contributed by atoms with Crippen LogP contribution in [0.2, 0.25) is 0 Å². The first-order chi connectivity index (χ1) is 18.0. The Hall–Kier alpha value is -2.09. The van der Waals surface area contributed by atoms with Gasteiger partial charge in [-0.25, -0.2) is 0 Å². The molecule has 7 heteroatoms. The second-order valence-electron chi connectivity index (χ2n) is 11.2. The van der Waals surface area contributed by atoms with Crippen molar-refractivity contribution in [2.24, 2.45) is 23.7 Å². The monoisotopic (exact) mass is 537 g/mol. The summed E-state index contributed by atoms with van der Waals surface area (Å²) in [7, 11) is 1.66. The molecule has 2 aromatic rings. The maximum atomic E-state index is 13.8. The highest BCUT2D eigenvalue weighted by molar-refractivity contribution is 8.26. The highest BCUT2D eigenvalue weighted by atomic mass is 32.2. The van der Waals surface area contributed by atoms with Crippen LogP contribution < -0.4 is 4.74 Å². The highest BCUT2D eigenvalue weighted by Gasteiger charge is 2.53. The number of rotatable bonds is 9. The minimum atomic E-state index is 0.0566. The lowest BCUT2D eigenvalue weighted by atomic mass is 9.54. The molecule has 2 heterocycles. The van der Waals surface area contributed by atoms with Crippen molar-refractivity contribution in [3.05, 3.63) is 46.6 Å². The number of carbonyl (C=O) groups is 1. The Morgan fingerprint density at radius 1 is 1.08 bits per heavy atom. The third-order valence-corrected chi connectivity index (χ3v) is 10.2. The number of thiocarbonyl (C=S) groups is 1. The van der Waals surface area contributed by atoms with Crippen molar-refractivity contribution in [1.82, 2.24) is 4.90 Å². The van der Waals surface area contributed by atoms with Gasteiger partial charge in [-0.1, -0.05) is 30.4 Å². The molecule has 0 unspecified atom stereocenters. The van der Waals surface area contributed by atoms with E-state index >= 15 is 0 Å². The van der Waals surface area contributed by atoms with Crippen LogP contribution in [-0.2, 0) is 11.2 Å². The number of carbonyl (C=O) groups excluding carboxylic acids is 1. The summed E-state index contributed by atoms with van der Waals surface area (Å²) in [6.45, 7) is 0.211. The Morgan fingerprint density at radius 2 is 1.78 bits per heavy atom. The van der Waals surface area contributed by atoms with Gasteiger partial charge in [-0.3, -0.25) is 9.69 Å². The Bertz CT molecular complexity index is 1170. The number of nitrogens with zero attached hydrogens (tertiary/aromatic N) is 1. The van der Waals surface area contributed by atoms with E-state index in [1.165, 1.54) is 43.9 Å². The molecular formula is C30H35NO4S2. The zero-order chi connectivity index (χ0) is 25.5. The lowest BCUT2D eigenvalue weighted by molar-refractivity contribution is -0.130. The van der Waals surface area contributed by atoms with E-state index in [1.54, 1.807) is 7.11 Å². The number of methoxy groups -OCH3 is 1. The highest BCUT2D eigenvalue weighted by Crippen LogP contribution is 2.56. The van der Waals surface area contributed by atoms with Crippen LogP contribution in [0.25, 0.3) is 17.4 Å². The maximum absolute atomic E-state index is 13.8. The van der Waals surface area contributed by atoms with Crippen LogP contribution in [0.4, 0.5) is 0 Å². The molecule has 1 amide bonds. The predicted octanol–water partition coefficient (Wildman–Crippen LogP) is 6.69. The van der Waals surface area contributed by atoms with Crippen LogP contribution in [0.15, 0.2) is 39.7 Å². The minimum absolute atomic E-state index is 0.0566. The van der Waals surface area contributed by atoms with Crippen molar-refractivity contribution in [2.45, 2.75) is 63.8 Å². The largest absolute Gasteiger partial charge is 0.497 e. The number of furan rings is 1. The summed E-state index contributed by atoms with van der Waals surface area (Å²) in [4.78, 5) is 16.4. The quantitative estimate of drug-likeness (QED) is 0.219. The predicted molar refractivity (Wildman–Crippen MR) is 151 cm³/mol. The second-order valence-corrected chi connectivity index (χ2v) is 12.9. The van der Waals surface area contributed by atoms with Crippen molar-refractivity contribution in [3.63, 3.8) is 0 Å². The number of hydrogen-bond acceptors (Lipinski definition) is 6. The molecule has 4 aliphatic carbocycles. The van der Waals surface area contributed by atoms with Gasteiger partial charge in [-0.05, 0) is 111 Å². The first-order valence-electron chi connectivity index (χ1n) is 13.7. The van der Waals surface area contributed by atoms with E-state index in [0.717, 1.165) is 65.9 Å². The van der Waals surface area contributed by atoms with E-state index in [0.29, 0.717) is 21.1 Å². The van der Waals surface area contributed by atoms with Crippen molar-refractivity contribution in [3.8, 4) is 17.1 Å². The van der Waals surface area contributed by atoms with Gasteiger partial charge in [0.25, 0.3) is 5.91 Å². The molecule has 7 rings (SSSR count). The van der Waals surface area contributed by atoms with Gasteiger partial charge < -0.3 is 14.3 Å². The number of aliphatic hydroxyl groups excluding tert-OH is 1. The van der Waals surface area contributed by atoms with Gasteiger partial charge in [0.2, 0.25) is 0 Å². The first-order valence-corrected chi connectivity index (χ1v) is 14.9. The van der Waals surface area contributed by atoms with Gasteiger partial charge in [0.05, 0.1) is 12.0 Å². The van der Waals surface area contributed by atoms with Crippen LogP contribution in [0.5, 0.6) is 5.75 Å². The molecule has 4 bridgehead atoms. The summed E-state index contributed by atoms with van der Waals surface area (Å²) in [6, 6.07) is 10.2. The summed E-state index contributed by atoms with van der Waals surface area (Å²) in [5, 5.41) is 9.17. The van der Waals surface area contributed by atoms with E-state index in [4.69, 9.17) is 21.4 Å². The maximum Gasteiger partial charge on any atom is 0.266 e. The summed E-state index contributed by atoms with van der Waals surface area (Å²) >= 11 is 7.24. The molecule has 1 aromatic carbocycles. The molecule has 5 aliphatic rings. The number of unbranched alkanes of at least 4 members (excludes halogenated alkanes) is 2. The minimum Gasteiger partial charge on any atom is -0.497 e. The molecule has 1 saturated heterocycles. The van der Waals surface area contributed by atoms with Crippen molar-refractivity contribution < 1.29 is 19.1 Å². The molecule has 1 N–H and O–H groups in total. The van der Waals surface area contributed by atoms with E-state index in [9.17, 15) is 9.90 Å². The molecule has 0 spiro atoms. The van der Waals surface area contributed by atoms with Crippen LogP contribution in [-0.4, -0.2) is 40.0 Å². The third kappa shape index (κ3) is 4.90. The van der Waals surface area contributed by atoms with E-state index in [2.05, 4.69) is 6.07 Å². The Labute approximate surface area is 228 Å². The van der Waals surface area contributed by atoms with E-state index in [1.807, 2.05) is 35.2 Å². The van der Waals surface area contributed by atoms with Crippen LogP contribution in [0, 0.1) is 23.7 Å².